The number of aromatic nitrogens is 1. The van der Waals surface area contributed by atoms with Crippen LogP contribution in [0.1, 0.15) is 5.56 Å². The summed E-state index contributed by atoms with van der Waals surface area (Å²) < 4.78 is 10.3. The second kappa shape index (κ2) is 7.35. The lowest BCUT2D eigenvalue weighted by Crippen LogP contribution is -2.05. The first-order valence-corrected chi connectivity index (χ1v) is 6.38. The molecule has 5 heteroatoms. The summed E-state index contributed by atoms with van der Waals surface area (Å²) in [6.07, 6.45) is 1.70. The maximum atomic E-state index is 9.67. The van der Waals surface area contributed by atoms with Crippen LogP contribution < -0.4 is 10.1 Å². The van der Waals surface area contributed by atoms with E-state index in [1.807, 2.05) is 18.2 Å². The van der Waals surface area contributed by atoms with Crippen molar-refractivity contribution in [1.29, 1.82) is 0 Å². The zero-order valence-electron chi connectivity index (χ0n) is 11.4. The fraction of sp³-hybridized carbons (Fsp3) is 0.267. The van der Waals surface area contributed by atoms with E-state index < -0.39 is 0 Å². The molecule has 2 N–H and O–H groups in total. The second-order valence-electron chi connectivity index (χ2n) is 4.21. The number of hydrogen-bond acceptors (Lipinski definition) is 5. The van der Waals surface area contributed by atoms with Gasteiger partial charge >= 0.3 is 0 Å². The fourth-order valence-corrected chi connectivity index (χ4v) is 1.66. The maximum absolute atomic E-state index is 9.67. The summed E-state index contributed by atoms with van der Waals surface area (Å²) in [4.78, 5) is 4.18. The molecule has 0 fully saturated rings. The lowest BCUT2D eigenvalue weighted by molar-refractivity contribution is 0.144. The van der Waals surface area contributed by atoms with Crippen molar-refractivity contribution in [3.63, 3.8) is 0 Å². The Bertz CT molecular complexity index is 529. The normalized spacial score (nSPS) is 10.2. The molecule has 106 valence electrons. The molecule has 0 aliphatic rings. The number of pyridine rings is 1. The Morgan fingerprint density at radius 1 is 1.15 bits per heavy atom. The van der Waals surface area contributed by atoms with E-state index >= 15 is 0 Å². The average Bonchev–Trinajstić information content (AvgIpc) is 2.48. The van der Waals surface area contributed by atoms with Gasteiger partial charge in [-0.25, -0.2) is 4.98 Å². The van der Waals surface area contributed by atoms with E-state index in [1.165, 1.54) is 0 Å². The van der Waals surface area contributed by atoms with Gasteiger partial charge in [0.05, 0.1) is 18.5 Å². The predicted molar refractivity (Wildman–Crippen MR) is 77.0 cm³/mol. The largest absolute Gasteiger partial charge is 0.508 e. The number of phenols is 1. The Balaban J connectivity index is 1.86. The quantitative estimate of drug-likeness (QED) is 0.759. The van der Waals surface area contributed by atoms with Crippen molar-refractivity contribution in [2.24, 2.45) is 0 Å². The number of phenolic OH excluding ortho intramolecular Hbond substituents is 1. The molecular weight excluding hydrogens is 256 g/mol. The first kappa shape index (κ1) is 14.1. The van der Waals surface area contributed by atoms with Crippen LogP contribution in [-0.4, -0.2) is 30.4 Å². The third kappa shape index (κ3) is 4.13. The fourth-order valence-electron chi connectivity index (χ4n) is 1.66. The van der Waals surface area contributed by atoms with Crippen LogP contribution in [0.2, 0.25) is 0 Å². The van der Waals surface area contributed by atoms with Crippen molar-refractivity contribution in [1.82, 2.24) is 4.98 Å². The number of rotatable bonds is 7. The smallest absolute Gasteiger partial charge is 0.213 e. The number of aromatic hydroxyl groups is 1. The van der Waals surface area contributed by atoms with E-state index in [-0.39, 0.29) is 5.75 Å². The Hall–Kier alpha value is -2.27. The molecule has 0 radical (unpaired) electrons. The van der Waals surface area contributed by atoms with Crippen LogP contribution in [0.25, 0.3) is 0 Å². The summed E-state index contributed by atoms with van der Waals surface area (Å²) in [7, 11) is 1.63. The van der Waals surface area contributed by atoms with Gasteiger partial charge in [-0.2, -0.15) is 0 Å². The monoisotopic (exact) mass is 274 g/mol. The third-order valence-corrected chi connectivity index (χ3v) is 2.75. The molecular formula is C15H18N2O3. The molecule has 0 aliphatic heterocycles. The average molecular weight is 274 g/mol. The zero-order chi connectivity index (χ0) is 14.2. The van der Waals surface area contributed by atoms with E-state index in [0.29, 0.717) is 25.6 Å². The highest BCUT2D eigenvalue weighted by molar-refractivity contribution is 5.44. The van der Waals surface area contributed by atoms with Crippen molar-refractivity contribution < 1.29 is 14.6 Å². The highest BCUT2D eigenvalue weighted by Gasteiger charge is 2.00. The first-order chi connectivity index (χ1) is 9.79. The van der Waals surface area contributed by atoms with Crippen LogP contribution in [0.4, 0.5) is 5.69 Å². The SMILES string of the molecule is COCCOc1ccc(NCc2ccccc2O)cn1. The van der Waals surface area contributed by atoms with Gasteiger partial charge in [0, 0.05) is 25.3 Å². The number of anilines is 1. The number of benzene rings is 1. The second-order valence-corrected chi connectivity index (χ2v) is 4.21. The molecule has 0 unspecified atom stereocenters. The molecule has 5 nitrogen and oxygen atoms in total. The molecule has 0 spiro atoms. The van der Waals surface area contributed by atoms with Gasteiger partial charge in [0.15, 0.2) is 0 Å². The topological polar surface area (TPSA) is 63.6 Å². The molecule has 2 aromatic rings. The zero-order valence-corrected chi connectivity index (χ0v) is 11.4. The number of nitrogens with zero attached hydrogens (tertiary/aromatic N) is 1. The Labute approximate surface area is 118 Å². The molecule has 0 aliphatic carbocycles. The van der Waals surface area contributed by atoms with E-state index in [4.69, 9.17) is 9.47 Å². The van der Waals surface area contributed by atoms with Crippen LogP contribution in [0.3, 0.4) is 0 Å². The Kier molecular flexibility index (Phi) is 5.20. The molecule has 0 bridgehead atoms. The van der Waals surface area contributed by atoms with Gasteiger partial charge in [-0.1, -0.05) is 18.2 Å². The van der Waals surface area contributed by atoms with Crippen LogP contribution in [0.15, 0.2) is 42.6 Å². The molecule has 0 atom stereocenters. The van der Waals surface area contributed by atoms with Crippen molar-refractivity contribution in [3.05, 3.63) is 48.2 Å². The number of hydrogen-bond donors (Lipinski definition) is 2. The molecule has 2 rings (SSSR count). The van der Waals surface area contributed by atoms with E-state index in [2.05, 4.69) is 10.3 Å². The summed E-state index contributed by atoms with van der Waals surface area (Å²) in [6.45, 7) is 1.56. The molecule has 0 saturated carbocycles. The first-order valence-electron chi connectivity index (χ1n) is 6.38. The van der Waals surface area contributed by atoms with Crippen molar-refractivity contribution in [2.75, 3.05) is 25.6 Å². The third-order valence-electron chi connectivity index (χ3n) is 2.75. The van der Waals surface area contributed by atoms with Gasteiger partial charge in [-0.3, -0.25) is 0 Å². The Morgan fingerprint density at radius 2 is 2.00 bits per heavy atom. The van der Waals surface area contributed by atoms with Gasteiger partial charge in [-0.15, -0.1) is 0 Å². The molecule has 1 aromatic heterocycles. The standard InChI is InChI=1S/C15H18N2O3/c1-19-8-9-20-15-7-6-13(11-17-15)16-10-12-4-2-3-5-14(12)18/h2-7,11,16,18H,8-10H2,1H3. The molecule has 0 saturated heterocycles. The van der Waals surface area contributed by atoms with Crippen LogP contribution in [0, 0.1) is 0 Å². The minimum atomic E-state index is 0.285. The number of methoxy groups -OCH3 is 1. The van der Waals surface area contributed by atoms with E-state index in [0.717, 1.165) is 11.3 Å². The predicted octanol–water partition coefficient (Wildman–Crippen LogP) is 2.42. The lowest BCUT2D eigenvalue weighted by atomic mass is 10.2. The molecule has 20 heavy (non-hydrogen) atoms. The van der Waals surface area contributed by atoms with Crippen LogP contribution >= 0.6 is 0 Å². The van der Waals surface area contributed by atoms with Gasteiger partial charge in [-0.05, 0) is 12.1 Å². The summed E-state index contributed by atoms with van der Waals surface area (Å²) >= 11 is 0. The molecule has 0 amide bonds. The van der Waals surface area contributed by atoms with Gasteiger partial charge in [0.25, 0.3) is 0 Å². The minimum absolute atomic E-state index is 0.285. The van der Waals surface area contributed by atoms with Crippen LogP contribution in [0.5, 0.6) is 11.6 Å². The Morgan fingerprint density at radius 3 is 2.70 bits per heavy atom. The number of ether oxygens (including phenoxy) is 2. The highest BCUT2D eigenvalue weighted by Crippen LogP contribution is 2.18. The highest BCUT2D eigenvalue weighted by atomic mass is 16.5. The van der Waals surface area contributed by atoms with E-state index in [9.17, 15) is 5.11 Å². The van der Waals surface area contributed by atoms with Crippen LogP contribution in [-0.2, 0) is 11.3 Å². The molecule has 1 heterocycles. The van der Waals surface area contributed by atoms with Gasteiger partial charge < -0.3 is 19.9 Å². The summed E-state index contributed by atoms with van der Waals surface area (Å²) in [5.74, 6) is 0.850. The maximum Gasteiger partial charge on any atom is 0.213 e. The van der Waals surface area contributed by atoms with Crippen molar-refractivity contribution >= 4 is 5.69 Å². The summed E-state index contributed by atoms with van der Waals surface area (Å²) in [5.41, 5.74) is 1.71. The van der Waals surface area contributed by atoms with Gasteiger partial charge in [0.2, 0.25) is 5.88 Å². The lowest BCUT2D eigenvalue weighted by Gasteiger charge is -2.09. The molecule has 1 aromatic carbocycles. The summed E-state index contributed by atoms with van der Waals surface area (Å²) in [5, 5.41) is 12.9. The number of nitrogens with one attached hydrogen (secondary N) is 1. The minimum Gasteiger partial charge on any atom is -0.508 e. The van der Waals surface area contributed by atoms with Crippen molar-refractivity contribution in [2.45, 2.75) is 6.54 Å². The summed E-state index contributed by atoms with van der Waals surface area (Å²) in [6, 6.07) is 10.9. The van der Waals surface area contributed by atoms with E-state index in [1.54, 1.807) is 31.5 Å². The van der Waals surface area contributed by atoms with Gasteiger partial charge in [0.1, 0.15) is 12.4 Å². The number of para-hydroxylation sites is 1. The van der Waals surface area contributed by atoms with Crippen molar-refractivity contribution in [3.8, 4) is 11.6 Å².